The van der Waals surface area contributed by atoms with Gasteiger partial charge in [-0.2, -0.15) is 0 Å². The van der Waals surface area contributed by atoms with Crippen molar-refractivity contribution >= 4 is 17.8 Å². The number of allylic oxidation sites excluding steroid dienone is 2. The molecular weight excluding hydrogens is 446 g/mol. The maximum atomic E-state index is 13.9. The van der Waals surface area contributed by atoms with Gasteiger partial charge >= 0.3 is 6.09 Å². The lowest BCUT2D eigenvalue weighted by Gasteiger charge is -2.31. The molecule has 1 N–H and O–H groups in total. The molecule has 2 aliphatic heterocycles. The van der Waals surface area contributed by atoms with Crippen LogP contribution < -0.4 is 0 Å². The number of carbonyl (C=O) groups is 3. The van der Waals surface area contributed by atoms with Crippen LogP contribution in [0.5, 0.6) is 0 Å². The molecule has 35 heavy (non-hydrogen) atoms. The molecular formula is C28H29NO6. The lowest BCUT2D eigenvalue weighted by Crippen LogP contribution is -2.49. The number of cyclic esters (lactones) is 1. The van der Waals surface area contributed by atoms with E-state index >= 15 is 0 Å². The van der Waals surface area contributed by atoms with Crippen molar-refractivity contribution in [3.8, 4) is 0 Å². The van der Waals surface area contributed by atoms with E-state index in [-0.39, 0.29) is 25.4 Å². The summed E-state index contributed by atoms with van der Waals surface area (Å²) in [6.07, 6.45) is 4.83. The van der Waals surface area contributed by atoms with Crippen LogP contribution in [0, 0.1) is 5.92 Å². The summed E-state index contributed by atoms with van der Waals surface area (Å²) < 4.78 is 11.3. The lowest BCUT2D eigenvalue weighted by atomic mass is 9.88. The van der Waals surface area contributed by atoms with Gasteiger partial charge < -0.3 is 14.6 Å². The van der Waals surface area contributed by atoms with E-state index in [2.05, 4.69) is 0 Å². The average molecular weight is 476 g/mol. The molecule has 0 bridgehead atoms. The van der Waals surface area contributed by atoms with Crippen LogP contribution in [0.25, 0.3) is 0 Å². The third-order valence-corrected chi connectivity index (χ3v) is 6.16. The fraction of sp³-hybridized carbons (Fsp3) is 0.321. The number of ether oxygens (including phenoxy) is 2. The minimum Gasteiger partial charge on any atom is -0.482 e. The largest absolute Gasteiger partial charge is 0.482 e. The number of nitrogens with zero attached hydrogens (tertiary/aromatic N) is 1. The summed E-state index contributed by atoms with van der Waals surface area (Å²) in [6.45, 7) is 0.147. The Morgan fingerprint density at radius 3 is 2.40 bits per heavy atom. The van der Waals surface area contributed by atoms with Crippen LogP contribution in [0.3, 0.4) is 0 Å². The van der Waals surface area contributed by atoms with Gasteiger partial charge in [0.1, 0.15) is 12.4 Å². The van der Waals surface area contributed by atoms with Crippen molar-refractivity contribution in [1.82, 2.24) is 4.90 Å². The quantitative estimate of drug-likeness (QED) is 0.557. The molecule has 1 fully saturated rings. The number of hydrogen-bond donors (Lipinski definition) is 1. The summed E-state index contributed by atoms with van der Waals surface area (Å²) in [5, 5.41) is 9.06. The highest BCUT2D eigenvalue weighted by atomic mass is 16.6. The summed E-state index contributed by atoms with van der Waals surface area (Å²) >= 11 is 0. The Morgan fingerprint density at radius 1 is 1.03 bits per heavy atom. The Kier molecular flexibility index (Phi) is 8.11. The van der Waals surface area contributed by atoms with Gasteiger partial charge in [0.05, 0.1) is 12.0 Å². The van der Waals surface area contributed by atoms with Crippen molar-refractivity contribution in [2.24, 2.45) is 5.92 Å². The normalized spacial score (nSPS) is 21.6. The first-order valence-corrected chi connectivity index (χ1v) is 11.8. The second-order valence-electron chi connectivity index (χ2n) is 8.67. The smallest absolute Gasteiger partial charge is 0.416 e. The van der Waals surface area contributed by atoms with Gasteiger partial charge in [-0.25, -0.2) is 9.69 Å². The van der Waals surface area contributed by atoms with Crippen LogP contribution in [0.1, 0.15) is 24.0 Å². The second kappa shape index (κ2) is 11.6. The molecule has 3 atom stereocenters. The van der Waals surface area contributed by atoms with E-state index in [1.807, 2.05) is 60.7 Å². The van der Waals surface area contributed by atoms with Crippen molar-refractivity contribution in [1.29, 1.82) is 0 Å². The monoisotopic (exact) mass is 475 g/mol. The zero-order valence-electron chi connectivity index (χ0n) is 19.4. The van der Waals surface area contributed by atoms with Gasteiger partial charge in [0.25, 0.3) is 0 Å². The van der Waals surface area contributed by atoms with Crippen molar-refractivity contribution in [3.05, 3.63) is 95.8 Å². The lowest BCUT2D eigenvalue weighted by molar-refractivity contribution is -0.143. The van der Waals surface area contributed by atoms with Gasteiger partial charge in [-0.15, -0.1) is 0 Å². The maximum absolute atomic E-state index is 13.9. The zero-order valence-corrected chi connectivity index (χ0v) is 19.4. The van der Waals surface area contributed by atoms with E-state index in [4.69, 9.17) is 14.6 Å². The molecule has 2 aromatic carbocycles. The number of unbranched alkanes of at least 4 members (excludes halogenated alkanes) is 1. The number of aliphatic hydroxyl groups is 1. The topological polar surface area (TPSA) is 93.1 Å². The van der Waals surface area contributed by atoms with Gasteiger partial charge in [-0.05, 0) is 55.0 Å². The predicted octanol–water partition coefficient (Wildman–Crippen LogP) is 3.62. The highest BCUT2D eigenvalue weighted by Crippen LogP contribution is 2.28. The maximum Gasteiger partial charge on any atom is 0.416 e. The average Bonchev–Trinajstić information content (AvgIpc) is 3.24. The predicted molar refractivity (Wildman–Crippen MR) is 129 cm³/mol. The minimum absolute atomic E-state index is 0.0465. The zero-order chi connectivity index (χ0) is 24.6. The molecule has 0 aromatic heterocycles. The first-order chi connectivity index (χ1) is 17.1. The molecule has 2 amide bonds. The van der Waals surface area contributed by atoms with Gasteiger partial charge in [0.2, 0.25) is 5.91 Å². The summed E-state index contributed by atoms with van der Waals surface area (Å²) in [5.74, 6) is -1.26. The van der Waals surface area contributed by atoms with Crippen LogP contribution in [0.15, 0.2) is 84.7 Å². The fourth-order valence-electron chi connectivity index (χ4n) is 4.37. The Bertz CT molecular complexity index is 1090. The van der Waals surface area contributed by atoms with E-state index in [1.54, 1.807) is 12.2 Å². The molecule has 4 rings (SSSR count). The van der Waals surface area contributed by atoms with Gasteiger partial charge in [-0.1, -0.05) is 60.7 Å². The van der Waals surface area contributed by atoms with Gasteiger partial charge in [0, 0.05) is 6.61 Å². The molecule has 7 nitrogen and oxygen atoms in total. The van der Waals surface area contributed by atoms with Crippen molar-refractivity contribution in [3.63, 3.8) is 0 Å². The minimum atomic E-state index is -1.07. The number of aliphatic hydroxyl groups excluding tert-OH is 1. The molecule has 2 aliphatic rings. The summed E-state index contributed by atoms with van der Waals surface area (Å²) in [7, 11) is 0. The van der Waals surface area contributed by atoms with Crippen LogP contribution in [0.4, 0.5) is 4.79 Å². The Morgan fingerprint density at radius 2 is 1.71 bits per heavy atom. The molecule has 182 valence electrons. The van der Waals surface area contributed by atoms with E-state index in [1.165, 1.54) is 6.08 Å². The standard InChI is InChI=1S/C28H29NO6/c30-16-8-7-13-23-14-15-25(31)26(35-23)24(18-21-11-5-2-6-12-21)27(32)29-22(19-34-28(29)33)17-20-9-3-1-4-10-20/h1-6,9-15,22,24,26,30H,7-8,16-19H2. The second-order valence-corrected chi connectivity index (χ2v) is 8.67. The van der Waals surface area contributed by atoms with Crippen LogP contribution in [-0.2, 0) is 31.9 Å². The van der Waals surface area contributed by atoms with E-state index in [9.17, 15) is 14.4 Å². The molecule has 1 saturated heterocycles. The SMILES string of the molecule is O=C1C=CC(=CCCCO)OC1C(Cc1ccccc1)C(=O)N1C(=O)OCC1Cc1ccccc1. The summed E-state index contributed by atoms with van der Waals surface area (Å²) in [5.41, 5.74) is 1.84. The van der Waals surface area contributed by atoms with E-state index in [0.29, 0.717) is 25.0 Å². The number of benzene rings is 2. The molecule has 0 radical (unpaired) electrons. The molecule has 3 unspecified atom stereocenters. The number of amides is 2. The summed E-state index contributed by atoms with van der Waals surface area (Å²) in [6, 6.07) is 18.5. The molecule has 0 spiro atoms. The number of imide groups is 1. The van der Waals surface area contributed by atoms with Crippen molar-refractivity contribution < 1.29 is 29.0 Å². The van der Waals surface area contributed by atoms with Crippen LogP contribution in [0.2, 0.25) is 0 Å². The number of rotatable bonds is 9. The summed E-state index contributed by atoms with van der Waals surface area (Å²) in [4.78, 5) is 40.6. The first kappa shape index (κ1) is 24.4. The first-order valence-electron chi connectivity index (χ1n) is 11.8. The number of hydrogen-bond acceptors (Lipinski definition) is 6. The van der Waals surface area contributed by atoms with Crippen LogP contribution in [-0.4, -0.2) is 53.1 Å². The Labute approximate surface area is 204 Å². The van der Waals surface area contributed by atoms with Crippen LogP contribution >= 0.6 is 0 Å². The Hall–Kier alpha value is -3.71. The number of carbonyl (C=O) groups excluding carboxylic acids is 3. The third kappa shape index (κ3) is 6.05. The van der Waals surface area contributed by atoms with Gasteiger partial charge in [-0.3, -0.25) is 9.59 Å². The van der Waals surface area contributed by atoms with Gasteiger partial charge in [0.15, 0.2) is 11.9 Å². The van der Waals surface area contributed by atoms with Crippen molar-refractivity contribution in [2.45, 2.75) is 37.8 Å². The van der Waals surface area contributed by atoms with Crippen molar-refractivity contribution in [2.75, 3.05) is 13.2 Å². The molecule has 7 heteroatoms. The molecule has 2 aromatic rings. The van der Waals surface area contributed by atoms with E-state index < -0.39 is 30.1 Å². The molecule has 2 heterocycles. The third-order valence-electron chi connectivity index (χ3n) is 6.16. The molecule has 0 aliphatic carbocycles. The highest BCUT2D eigenvalue weighted by molar-refractivity contribution is 6.02. The number of ketones is 1. The van der Waals surface area contributed by atoms with E-state index in [0.717, 1.165) is 16.0 Å². The molecule has 0 saturated carbocycles. The fourth-order valence-corrected chi connectivity index (χ4v) is 4.37. The Balaban J connectivity index is 1.62. The highest BCUT2D eigenvalue weighted by Gasteiger charge is 2.45.